The number of aromatic nitrogens is 3. The first kappa shape index (κ1) is 9.93. The van der Waals surface area contributed by atoms with Crippen LogP contribution >= 0.6 is 11.5 Å². The van der Waals surface area contributed by atoms with Crippen LogP contribution in [0.2, 0.25) is 0 Å². The number of nitrogens with zero attached hydrogens (tertiary/aromatic N) is 3. The van der Waals surface area contributed by atoms with E-state index in [0.717, 1.165) is 11.5 Å². The summed E-state index contributed by atoms with van der Waals surface area (Å²) in [6.45, 7) is 0.420. The normalized spacial score (nSPS) is 20.8. The van der Waals surface area contributed by atoms with Crippen LogP contribution in [0.15, 0.2) is 0 Å². The maximum atomic E-state index is 11.6. The second-order valence-electron chi connectivity index (χ2n) is 2.89. The van der Waals surface area contributed by atoms with Gasteiger partial charge in [0.15, 0.2) is 0 Å². The maximum absolute atomic E-state index is 11.6. The summed E-state index contributed by atoms with van der Waals surface area (Å²) in [5.41, 5.74) is 0. The topological polar surface area (TPSA) is 109 Å². The zero-order valence-electron chi connectivity index (χ0n) is 7.56. The Bertz CT molecular complexity index is 356. The quantitative estimate of drug-likeness (QED) is 0.538. The van der Waals surface area contributed by atoms with Crippen LogP contribution in [-0.2, 0) is 9.59 Å². The van der Waals surface area contributed by atoms with Gasteiger partial charge in [-0.2, -0.15) is 0 Å². The number of carbonyl (C=O) groups excluding carboxylic acids is 2. The average Bonchev–Trinajstić information content (AvgIpc) is 2.71. The molecule has 2 amide bonds. The van der Waals surface area contributed by atoms with Crippen LogP contribution in [0, 0.1) is 0 Å². The van der Waals surface area contributed by atoms with Crippen molar-refractivity contribution >= 4 is 28.5 Å². The third-order valence-electron chi connectivity index (χ3n) is 1.86. The van der Waals surface area contributed by atoms with Gasteiger partial charge in [0.2, 0.25) is 16.9 Å². The zero-order valence-corrected chi connectivity index (χ0v) is 8.37. The maximum Gasteiger partial charge on any atom is 0.245 e. The summed E-state index contributed by atoms with van der Waals surface area (Å²) in [6, 6.07) is -0.438. The summed E-state index contributed by atoms with van der Waals surface area (Å²) in [6.07, 6.45) is 0. The van der Waals surface area contributed by atoms with Crippen molar-refractivity contribution in [1.29, 1.82) is 0 Å². The molecule has 1 saturated heterocycles. The number of amides is 2. The highest BCUT2D eigenvalue weighted by molar-refractivity contribution is 7.09. The summed E-state index contributed by atoms with van der Waals surface area (Å²) in [4.78, 5) is 22.4. The molecule has 9 heteroatoms. The van der Waals surface area contributed by atoms with Gasteiger partial charge in [0, 0.05) is 18.1 Å². The Hall–Kier alpha value is -1.61. The molecule has 1 aromatic heterocycles. The fourth-order valence-corrected chi connectivity index (χ4v) is 1.50. The number of rotatable bonds is 2. The first-order chi connectivity index (χ1) is 7.25. The lowest BCUT2D eigenvalue weighted by Crippen LogP contribution is -2.56. The number of nitrogens with one attached hydrogen (secondary N) is 3. The van der Waals surface area contributed by atoms with Gasteiger partial charge in [-0.05, 0) is 5.21 Å². The number of hydrogen-bond donors (Lipinski definition) is 3. The van der Waals surface area contributed by atoms with Crippen LogP contribution in [0.1, 0.15) is 0 Å². The van der Waals surface area contributed by atoms with Crippen LogP contribution in [0.5, 0.6) is 0 Å². The summed E-state index contributed by atoms with van der Waals surface area (Å²) in [5, 5.41) is 15.2. The lowest BCUT2D eigenvalue weighted by atomic mass is 10.2. The van der Waals surface area contributed by atoms with Crippen LogP contribution in [0.3, 0.4) is 0 Å². The van der Waals surface area contributed by atoms with E-state index in [9.17, 15) is 9.59 Å². The summed E-state index contributed by atoms with van der Waals surface area (Å²) < 4.78 is 3.51. The average molecular weight is 228 g/mol. The van der Waals surface area contributed by atoms with Crippen molar-refractivity contribution in [2.24, 2.45) is 0 Å². The van der Waals surface area contributed by atoms with Crippen LogP contribution < -0.4 is 16.0 Å². The van der Waals surface area contributed by atoms with Crippen molar-refractivity contribution < 1.29 is 9.59 Å². The van der Waals surface area contributed by atoms with Crippen molar-refractivity contribution in [1.82, 2.24) is 25.4 Å². The number of anilines is 1. The highest BCUT2D eigenvalue weighted by atomic mass is 32.1. The van der Waals surface area contributed by atoms with E-state index in [1.165, 1.54) is 0 Å². The second-order valence-corrected chi connectivity index (χ2v) is 3.63. The Morgan fingerprint density at radius 2 is 2.47 bits per heavy atom. The largest absolute Gasteiger partial charge is 0.353 e. The molecule has 8 nitrogen and oxygen atoms in total. The Morgan fingerprint density at radius 3 is 3.07 bits per heavy atom. The van der Waals surface area contributed by atoms with E-state index in [0.29, 0.717) is 5.13 Å². The van der Waals surface area contributed by atoms with Gasteiger partial charge in [0.05, 0.1) is 6.54 Å². The standard InChI is InChI=1S/C6H8N6O2S/c13-4-2-7-3(1-8-4)5(14)9-6-10-11-12-15-6/h3,7H,1-2H2,(H,8,13)(H,9,10,12,14). The molecule has 1 aromatic rings. The monoisotopic (exact) mass is 228 g/mol. The molecule has 0 bridgehead atoms. The molecule has 1 fully saturated rings. The summed E-state index contributed by atoms with van der Waals surface area (Å²) in [5.74, 6) is -0.370. The molecule has 0 saturated carbocycles. The molecule has 0 aromatic carbocycles. The summed E-state index contributed by atoms with van der Waals surface area (Å²) >= 11 is 0.997. The second kappa shape index (κ2) is 4.28. The van der Waals surface area contributed by atoms with Gasteiger partial charge in [-0.1, -0.05) is 9.59 Å². The molecule has 15 heavy (non-hydrogen) atoms. The third-order valence-corrected chi connectivity index (χ3v) is 2.37. The Kier molecular flexibility index (Phi) is 2.83. The lowest BCUT2D eigenvalue weighted by molar-refractivity contribution is -0.124. The molecular weight excluding hydrogens is 220 g/mol. The van der Waals surface area contributed by atoms with E-state index in [4.69, 9.17) is 0 Å². The molecule has 0 radical (unpaired) electrons. The molecule has 80 valence electrons. The Labute approximate surface area is 88.6 Å². The van der Waals surface area contributed by atoms with Crippen molar-refractivity contribution in [2.45, 2.75) is 6.04 Å². The predicted octanol–water partition coefficient (Wildman–Crippen LogP) is -2.04. The van der Waals surface area contributed by atoms with Gasteiger partial charge in [-0.25, -0.2) is 0 Å². The van der Waals surface area contributed by atoms with Gasteiger partial charge in [0.1, 0.15) is 6.04 Å². The molecule has 1 aliphatic rings. The highest BCUT2D eigenvalue weighted by Gasteiger charge is 2.24. The van der Waals surface area contributed by atoms with Gasteiger partial charge in [-0.15, -0.1) is 0 Å². The van der Waals surface area contributed by atoms with E-state index < -0.39 is 6.04 Å². The number of piperazine rings is 1. The van der Waals surface area contributed by atoms with E-state index >= 15 is 0 Å². The number of carbonyl (C=O) groups is 2. The van der Waals surface area contributed by atoms with E-state index in [1.54, 1.807) is 0 Å². The van der Waals surface area contributed by atoms with Gasteiger partial charge in [-0.3, -0.25) is 20.2 Å². The Balaban J connectivity index is 1.89. The third kappa shape index (κ3) is 2.44. The molecule has 2 heterocycles. The smallest absolute Gasteiger partial charge is 0.245 e. The molecular formula is C6H8N6O2S. The van der Waals surface area contributed by atoms with E-state index in [2.05, 4.69) is 30.8 Å². The molecule has 3 N–H and O–H groups in total. The first-order valence-corrected chi connectivity index (χ1v) is 4.99. The SMILES string of the molecule is O=C1CNC(C(=O)Nc2nnns2)CN1. The molecule has 0 aliphatic carbocycles. The fraction of sp³-hybridized carbons (Fsp3) is 0.500. The van der Waals surface area contributed by atoms with E-state index in [1.807, 2.05) is 0 Å². The summed E-state index contributed by atoms with van der Waals surface area (Å²) in [7, 11) is 0. The molecule has 0 spiro atoms. The highest BCUT2D eigenvalue weighted by Crippen LogP contribution is 2.05. The van der Waals surface area contributed by atoms with Gasteiger partial charge in [0.25, 0.3) is 0 Å². The van der Waals surface area contributed by atoms with Crippen LogP contribution in [0.25, 0.3) is 0 Å². The minimum Gasteiger partial charge on any atom is -0.353 e. The lowest BCUT2D eigenvalue weighted by Gasteiger charge is -2.22. The number of hydrogen-bond acceptors (Lipinski definition) is 7. The molecule has 2 rings (SSSR count). The minimum absolute atomic E-state index is 0.114. The fourth-order valence-electron chi connectivity index (χ4n) is 1.13. The first-order valence-electron chi connectivity index (χ1n) is 4.21. The van der Waals surface area contributed by atoms with Crippen LogP contribution in [0.4, 0.5) is 5.13 Å². The van der Waals surface area contributed by atoms with Crippen LogP contribution in [-0.4, -0.2) is 45.7 Å². The van der Waals surface area contributed by atoms with Crippen molar-refractivity contribution in [3.63, 3.8) is 0 Å². The van der Waals surface area contributed by atoms with Crippen molar-refractivity contribution in [2.75, 3.05) is 18.4 Å². The molecule has 1 atom stereocenters. The molecule has 1 unspecified atom stereocenters. The van der Waals surface area contributed by atoms with Crippen molar-refractivity contribution in [3.05, 3.63) is 0 Å². The van der Waals surface area contributed by atoms with Crippen molar-refractivity contribution in [3.8, 4) is 0 Å². The zero-order chi connectivity index (χ0) is 10.7. The Morgan fingerprint density at radius 1 is 1.60 bits per heavy atom. The minimum atomic E-state index is -0.438. The molecule has 1 aliphatic heterocycles. The van der Waals surface area contributed by atoms with Gasteiger partial charge >= 0.3 is 0 Å². The van der Waals surface area contributed by atoms with Gasteiger partial charge < -0.3 is 5.32 Å². The predicted molar refractivity (Wildman–Crippen MR) is 51.1 cm³/mol. The van der Waals surface area contributed by atoms with E-state index in [-0.39, 0.29) is 24.9 Å².